The van der Waals surface area contributed by atoms with E-state index in [1.54, 1.807) is 0 Å². The summed E-state index contributed by atoms with van der Waals surface area (Å²) in [4.78, 5) is 21.1. The Labute approximate surface area is 77.4 Å². The number of aliphatic carboxylic acids is 1. The quantitative estimate of drug-likeness (QED) is 0.792. The fourth-order valence-electron chi connectivity index (χ4n) is 0.981. The zero-order valence-electron chi connectivity index (χ0n) is 6.98. The van der Waals surface area contributed by atoms with Gasteiger partial charge < -0.3 is 5.11 Å². The van der Waals surface area contributed by atoms with Crippen LogP contribution in [0.1, 0.15) is 12.1 Å². The normalized spacial score (nSPS) is 10.5. The van der Waals surface area contributed by atoms with Gasteiger partial charge in [0.15, 0.2) is 0 Å². The van der Waals surface area contributed by atoms with Crippen LogP contribution in [0.3, 0.4) is 0 Å². The topological polar surface area (TPSA) is 59.3 Å². The lowest BCUT2D eigenvalue weighted by molar-refractivity contribution is -0.136. The zero-order valence-corrected chi connectivity index (χ0v) is 6.98. The van der Waals surface area contributed by atoms with Gasteiger partial charge in [-0.05, 0) is 5.56 Å². The molecule has 4 nitrogen and oxygen atoms in total. The number of hydrogen-bond donors (Lipinski definition) is 1. The summed E-state index contributed by atoms with van der Waals surface area (Å²) in [6.45, 7) is -2.95. The van der Waals surface area contributed by atoms with E-state index in [-0.39, 0.29) is 16.6 Å². The van der Waals surface area contributed by atoms with Gasteiger partial charge in [0.05, 0.1) is 6.42 Å². The highest BCUT2D eigenvalue weighted by Crippen LogP contribution is 2.07. The molecule has 6 heteroatoms. The second-order valence-electron chi connectivity index (χ2n) is 2.63. The maximum atomic E-state index is 12.2. The zero-order chi connectivity index (χ0) is 10.7. The molecule has 0 radical (unpaired) electrons. The molecule has 0 unspecified atom stereocenters. The summed E-state index contributed by atoms with van der Waals surface area (Å²) < 4.78 is 24.5. The maximum absolute atomic E-state index is 12.2. The average molecular weight is 203 g/mol. The summed E-state index contributed by atoms with van der Waals surface area (Å²) in [5.74, 6) is -1.13. The molecular formula is C8H7F2NO3. The molecule has 1 aromatic rings. The van der Waals surface area contributed by atoms with Crippen molar-refractivity contribution < 1.29 is 18.7 Å². The SMILES string of the molecule is O=C(O)Cc1ccc(=O)n(C(F)F)c1. The van der Waals surface area contributed by atoms with Crippen LogP contribution in [-0.4, -0.2) is 15.6 Å². The van der Waals surface area contributed by atoms with Crippen LogP contribution in [0.2, 0.25) is 0 Å². The molecule has 0 saturated heterocycles. The molecule has 1 N–H and O–H groups in total. The van der Waals surface area contributed by atoms with E-state index < -0.39 is 18.1 Å². The van der Waals surface area contributed by atoms with Gasteiger partial charge in [0.1, 0.15) is 0 Å². The number of rotatable bonds is 3. The first-order chi connectivity index (χ1) is 6.50. The molecule has 0 atom stereocenters. The average Bonchev–Trinajstić information content (AvgIpc) is 2.07. The van der Waals surface area contributed by atoms with Gasteiger partial charge in [0.2, 0.25) is 0 Å². The predicted molar refractivity (Wildman–Crippen MR) is 43.3 cm³/mol. The van der Waals surface area contributed by atoms with Crippen molar-refractivity contribution in [3.05, 3.63) is 34.2 Å². The third-order valence-electron chi connectivity index (χ3n) is 1.57. The third kappa shape index (κ3) is 2.38. The molecule has 0 aliphatic carbocycles. The van der Waals surface area contributed by atoms with Gasteiger partial charge in [0, 0.05) is 12.3 Å². The predicted octanol–water partition coefficient (Wildman–Crippen LogP) is 0.871. The minimum absolute atomic E-state index is 0.164. The fourth-order valence-corrected chi connectivity index (χ4v) is 0.981. The Morgan fingerprint density at radius 1 is 1.50 bits per heavy atom. The van der Waals surface area contributed by atoms with E-state index in [0.717, 1.165) is 12.3 Å². The smallest absolute Gasteiger partial charge is 0.321 e. The molecular weight excluding hydrogens is 196 g/mol. The Morgan fingerprint density at radius 3 is 2.64 bits per heavy atom. The van der Waals surface area contributed by atoms with E-state index in [1.807, 2.05) is 0 Å². The number of carbonyl (C=O) groups is 1. The van der Waals surface area contributed by atoms with E-state index in [0.29, 0.717) is 0 Å². The Hall–Kier alpha value is -1.72. The largest absolute Gasteiger partial charge is 0.481 e. The number of carboxylic acids is 1. The van der Waals surface area contributed by atoms with Crippen LogP contribution in [-0.2, 0) is 11.2 Å². The van der Waals surface area contributed by atoms with Gasteiger partial charge >= 0.3 is 12.5 Å². The first-order valence-electron chi connectivity index (χ1n) is 3.71. The van der Waals surface area contributed by atoms with Gasteiger partial charge in [-0.1, -0.05) is 6.07 Å². The minimum atomic E-state index is -2.95. The van der Waals surface area contributed by atoms with E-state index in [9.17, 15) is 18.4 Å². The van der Waals surface area contributed by atoms with Gasteiger partial charge in [-0.15, -0.1) is 0 Å². The first-order valence-corrected chi connectivity index (χ1v) is 3.71. The number of aromatic nitrogens is 1. The third-order valence-corrected chi connectivity index (χ3v) is 1.57. The number of hydrogen-bond acceptors (Lipinski definition) is 2. The maximum Gasteiger partial charge on any atom is 0.321 e. The van der Waals surface area contributed by atoms with Crippen molar-refractivity contribution in [2.75, 3.05) is 0 Å². The lowest BCUT2D eigenvalue weighted by atomic mass is 10.2. The van der Waals surface area contributed by atoms with Crippen LogP contribution in [0.5, 0.6) is 0 Å². The van der Waals surface area contributed by atoms with Gasteiger partial charge in [-0.3, -0.25) is 14.2 Å². The Balaban J connectivity index is 3.06. The highest BCUT2D eigenvalue weighted by molar-refractivity contribution is 5.69. The van der Waals surface area contributed by atoms with E-state index in [2.05, 4.69) is 0 Å². The fraction of sp³-hybridized carbons (Fsp3) is 0.250. The van der Waals surface area contributed by atoms with Crippen LogP contribution < -0.4 is 5.56 Å². The summed E-state index contributed by atoms with van der Waals surface area (Å²) >= 11 is 0. The van der Waals surface area contributed by atoms with Gasteiger partial charge in [0.25, 0.3) is 5.56 Å². The molecule has 1 aromatic heterocycles. The number of alkyl halides is 2. The number of nitrogens with zero attached hydrogens (tertiary/aromatic N) is 1. The molecule has 0 aliphatic heterocycles. The van der Waals surface area contributed by atoms with Crippen molar-refractivity contribution in [3.63, 3.8) is 0 Å². The molecule has 0 aromatic carbocycles. The highest BCUT2D eigenvalue weighted by atomic mass is 19.3. The highest BCUT2D eigenvalue weighted by Gasteiger charge is 2.09. The number of halogens is 2. The van der Waals surface area contributed by atoms with Crippen LogP contribution in [0.25, 0.3) is 0 Å². The van der Waals surface area contributed by atoms with E-state index >= 15 is 0 Å². The minimum Gasteiger partial charge on any atom is -0.481 e. The molecule has 76 valence electrons. The van der Waals surface area contributed by atoms with Crippen molar-refractivity contribution in [2.45, 2.75) is 13.0 Å². The Bertz CT molecular complexity index is 400. The van der Waals surface area contributed by atoms with Crippen molar-refractivity contribution >= 4 is 5.97 Å². The van der Waals surface area contributed by atoms with E-state index in [4.69, 9.17) is 5.11 Å². The van der Waals surface area contributed by atoms with Crippen molar-refractivity contribution in [3.8, 4) is 0 Å². The number of carboxylic acid groups (broad SMARTS) is 1. The second kappa shape index (κ2) is 3.99. The molecule has 1 heterocycles. The molecule has 0 saturated carbocycles. The lowest BCUT2D eigenvalue weighted by Crippen LogP contribution is -2.20. The summed E-state index contributed by atoms with van der Waals surface area (Å²) in [5, 5.41) is 8.39. The standard InChI is InChI=1S/C8H7F2NO3/c9-8(10)11-4-5(3-7(13)14)1-2-6(11)12/h1-2,4,8H,3H2,(H,13,14). The molecule has 14 heavy (non-hydrogen) atoms. The second-order valence-corrected chi connectivity index (χ2v) is 2.63. The molecule has 0 amide bonds. The molecule has 0 aliphatic rings. The van der Waals surface area contributed by atoms with Crippen LogP contribution in [0.4, 0.5) is 8.78 Å². The van der Waals surface area contributed by atoms with Gasteiger partial charge in [-0.2, -0.15) is 8.78 Å². The van der Waals surface area contributed by atoms with Crippen LogP contribution in [0, 0.1) is 0 Å². The monoisotopic (exact) mass is 203 g/mol. The molecule has 0 bridgehead atoms. The van der Waals surface area contributed by atoms with Crippen molar-refractivity contribution in [2.24, 2.45) is 0 Å². The summed E-state index contributed by atoms with van der Waals surface area (Å²) in [5.41, 5.74) is -0.688. The van der Waals surface area contributed by atoms with E-state index in [1.165, 1.54) is 6.07 Å². The summed E-state index contributed by atoms with van der Waals surface area (Å²) in [6.07, 6.45) is 0.466. The first kappa shape index (κ1) is 10.4. The molecule has 0 fully saturated rings. The number of pyridine rings is 1. The summed E-state index contributed by atoms with van der Waals surface area (Å²) in [6, 6.07) is 2.14. The van der Waals surface area contributed by atoms with Crippen molar-refractivity contribution in [1.29, 1.82) is 0 Å². The van der Waals surface area contributed by atoms with Gasteiger partial charge in [-0.25, -0.2) is 0 Å². The van der Waals surface area contributed by atoms with Crippen molar-refractivity contribution in [1.82, 2.24) is 4.57 Å². The Kier molecular flexibility index (Phi) is 2.95. The summed E-state index contributed by atoms with van der Waals surface area (Å²) in [7, 11) is 0. The van der Waals surface area contributed by atoms with Crippen LogP contribution in [0.15, 0.2) is 23.1 Å². The lowest BCUT2D eigenvalue weighted by Gasteiger charge is -2.04. The molecule has 1 rings (SSSR count). The molecule has 0 spiro atoms. The van der Waals surface area contributed by atoms with Crippen LogP contribution >= 0.6 is 0 Å². The Morgan fingerprint density at radius 2 is 2.14 bits per heavy atom.